The number of carbonyl (C=O) groups excluding carboxylic acids is 2. The summed E-state index contributed by atoms with van der Waals surface area (Å²) in [5, 5.41) is 9.01. The Morgan fingerprint density at radius 1 is 0.893 bits per heavy atom. The Morgan fingerprint density at radius 3 is 2.18 bits per heavy atom. The summed E-state index contributed by atoms with van der Waals surface area (Å²) < 4.78 is 0. The van der Waals surface area contributed by atoms with Gasteiger partial charge in [-0.05, 0) is 67.6 Å². The van der Waals surface area contributed by atoms with E-state index in [0.29, 0.717) is 22.5 Å². The Hall–Kier alpha value is -3.39. The molecule has 28 heavy (non-hydrogen) atoms. The molecule has 0 spiro atoms. The number of benzene rings is 2. The average Bonchev–Trinajstić information content (AvgIpc) is 3.30. The summed E-state index contributed by atoms with van der Waals surface area (Å²) in [5.74, 6) is -0.593. The van der Waals surface area contributed by atoms with Crippen LogP contribution < -0.4 is 4.90 Å². The Morgan fingerprint density at radius 2 is 1.57 bits per heavy atom. The van der Waals surface area contributed by atoms with Crippen LogP contribution in [0, 0.1) is 25.2 Å². The molecule has 2 aromatic carbocycles. The number of imide groups is 1. The fraction of sp³-hybridized carbons (Fsp3) is 0.261. The van der Waals surface area contributed by atoms with Gasteiger partial charge < -0.3 is 4.90 Å². The number of nitrogens with zero attached hydrogens (tertiary/aromatic N) is 3. The minimum absolute atomic E-state index is 0.287. The van der Waals surface area contributed by atoms with Gasteiger partial charge in [-0.3, -0.25) is 9.59 Å². The molecule has 5 nitrogen and oxygen atoms in total. The number of rotatable bonds is 3. The van der Waals surface area contributed by atoms with E-state index < -0.39 is 0 Å². The third-order valence-corrected chi connectivity index (χ3v) is 5.53. The lowest BCUT2D eigenvalue weighted by molar-refractivity contribution is -0.120. The molecule has 4 rings (SSSR count). The molecule has 0 aliphatic carbocycles. The molecule has 2 amide bonds. The number of hydrogen-bond acceptors (Lipinski definition) is 4. The van der Waals surface area contributed by atoms with Crippen LogP contribution in [0.1, 0.15) is 35.1 Å². The SMILES string of the molecule is Cc1ccc(C2=C(N3CCCC3)C(=O)N(c3ccc(C#N)cc3)C2=O)cc1C. The molecule has 5 heteroatoms. The maximum absolute atomic E-state index is 13.4. The number of hydrogen-bond donors (Lipinski definition) is 0. The lowest BCUT2D eigenvalue weighted by Crippen LogP contribution is -2.34. The molecule has 0 bridgehead atoms. The molecule has 0 aromatic heterocycles. The van der Waals surface area contributed by atoms with Crippen molar-refractivity contribution >= 4 is 23.1 Å². The standard InChI is InChI=1S/C23H21N3O2/c1-15-5-8-18(13-16(15)2)20-21(25-11-3-4-12-25)23(28)26(22(20)27)19-9-6-17(14-24)7-10-19/h5-10,13H,3-4,11-12H2,1-2H3. The van der Waals surface area contributed by atoms with Crippen LogP contribution in [0.25, 0.3) is 5.57 Å². The largest absolute Gasteiger partial charge is 0.366 e. The van der Waals surface area contributed by atoms with Gasteiger partial charge >= 0.3 is 0 Å². The summed E-state index contributed by atoms with van der Waals surface area (Å²) >= 11 is 0. The molecule has 2 heterocycles. The average molecular weight is 371 g/mol. The first-order valence-corrected chi connectivity index (χ1v) is 9.47. The van der Waals surface area contributed by atoms with E-state index in [4.69, 9.17) is 5.26 Å². The predicted octanol–water partition coefficient (Wildman–Crippen LogP) is 3.56. The molecule has 0 atom stereocenters. The van der Waals surface area contributed by atoms with Crippen molar-refractivity contribution in [3.05, 3.63) is 70.4 Å². The molecule has 0 N–H and O–H groups in total. The van der Waals surface area contributed by atoms with Gasteiger partial charge in [-0.15, -0.1) is 0 Å². The third kappa shape index (κ3) is 2.87. The van der Waals surface area contributed by atoms with Crippen LogP contribution in [0.5, 0.6) is 0 Å². The highest BCUT2D eigenvalue weighted by Gasteiger charge is 2.42. The second-order valence-electron chi connectivity index (χ2n) is 7.32. The van der Waals surface area contributed by atoms with Crippen molar-refractivity contribution < 1.29 is 9.59 Å². The van der Waals surface area contributed by atoms with Crippen molar-refractivity contribution in [3.63, 3.8) is 0 Å². The Kier molecular flexibility index (Phi) is 4.48. The molecular weight excluding hydrogens is 350 g/mol. The molecule has 140 valence electrons. The van der Waals surface area contributed by atoms with Gasteiger partial charge in [0.05, 0.1) is 22.9 Å². The second kappa shape index (κ2) is 6.97. The minimum atomic E-state index is -0.306. The van der Waals surface area contributed by atoms with Crippen molar-refractivity contribution in [2.24, 2.45) is 0 Å². The fourth-order valence-electron chi connectivity index (χ4n) is 3.83. The fourth-order valence-corrected chi connectivity index (χ4v) is 3.83. The summed E-state index contributed by atoms with van der Waals surface area (Å²) in [4.78, 5) is 30.0. The Balaban J connectivity index is 1.83. The van der Waals surface area contributed by atoms with Gasteiger partial charge in [-0.1, -0.05) is 18.2 Å². The second-order valence-corrected chi connectivity index (χ2v) is 7.32. The number of likely N-dealkylation sites (tertiary alicyclic amines) is 1. The number of carbonyl (C=O) groups is 2. The predicted molar refractivity (Wildman–Crippen MR) is 107 cm³/mol. The zero-order valence-corrected chi connectivity index (χ0v) is 16.0. The molecule has 2 aliphatic heterocycles. The highest BCUT2D eigenvalue weighted by atomic mass is 16.2. The van der Waals surface area contributed by atoms with E-state index in [1.807, 2.05) is 36.9 Å². The monoisotopic (exact) mass is 371 g/mol. The van der Waals surface area contributed by atoms with E-state index in [0.717, 1.165) is 42.6 Å². The van der Waals surface area contributed by atoms with Crippen LogP contribution in [0.4, 0.5) is 5.69 Å². The highest BCUT2D eigenvalue weighted by Crippen LogP contribution is 2.36. The molecule has 2 aliphatic rings. The number of aryl methyl sites for hydroxylation is 2. The van der Waals surface area contributed by atoms with Crippen LogP contribution in [0.15, 0.2) is 48.2 Å². The first-order chi connectivity index (χ1) is 13.5. The highest BCUT2D eigenvalue weighted by molar-refractivity contribution is 6.45. The van der Waals surface area contributed by atoms with E-state index in [2.05, 4.69) is 6.07 Å². The minimum Gasteiger partial charge on any atom is -0.366 e. The molecule has 0 unspecified atom stereocenters. The summed E-state index contributed by atoms with van der Waals surface area (Å²) in [7, 11) is 0. The van der Waals surface area contributed by atoms with Crippen molar-refractivity contribution in [3.8, 4) is 6.07 Å². The number of anilines is 1. The topological polar surface area (TPSA) is 64.4 Å². The van der Waals surface area contributed by atoms with Gasteiger partial charge in [-0.25, -0.2) is 4.90 Å². The maximum atomic E-state index is 13.4. The molecule has 2 aromatic rings. The number of amides is 2. The summed E-state index contributed by atoms with van der Waals surface area (Å²) in [6, 6.07) is 14.5. The van der Waals surface area contributed by atoms with Crippen LogP contribution in [0.3, 0.4) is 0 Å². The van der Waals surface area contributed by atoms with E-state index in [-0.39, 0.29) is 11.8 Å². The van der Waals surface area contributed by atoms with Crippen LogP contribution in [-0.4, -0.2) is 29.8 Å². The first kappa shape index (κ1) is 18.0. The van der Waals surface area contributed by atoms with Crippen molar-refractivity contribution in [1.29, 1.82) is 5.26 Å². The zero-order chi connectivity index (χ0) is 19.8. The van der Waals surface area contributed by atoms with E-state index >= 15 is 0 Å². The van der Waals surface area contributed by atoms with Crippen molar-refractivity contribution in [2.75, 3.05) is 18.0 Å². The van der Waals surface area contributed by atoms with Gasteiger partial charge in [-0.2, -0.15) is 5.26 Å². The number of nitriles is 1. The maximum Gasteiger partial charge on any atom is 0.282 e. The van der Waals surface area contributed by atoms with Gasteiger partial charge in [0, 0.05) is 13.1 Å². The Bertz CT molecular complexity index is 1040. The first-order valence-electron chi connectivity index (χ1n) is 9.47. The molecule has 0 saturated carbocycles. The molecule has 1 saturated heterocycles. The van der Waals surface area contributed by atoms with Crippen molar-refractivity contribution in [2.45, 2.75) is 26.7 Å². The van der Waals surface area contributed by atoms with Crippen LogP contribution in [0.2, 0.25) is 0 Å². The molecular formula is C23H21N3O2. The van der Waals surface area contributed by atoms with Crippen LogP contribution >= 0.6 is 0 Å². The van der Waals surface area contributed by atoms with Gasteiger partial charge in [0.1, 0.15) is 5.70 Å². The summed E-state index contributed by atoms with van der Waals surface area (Å²) in [6.07, 6.45) is 2.03. The van der Waals surface area contributed by atoms with Gasteiger partial charge in [0.25, 0.3) is 11.8 Å². The van der Waals surface area contributed by atoms with E-state index in [9.17, 15) is 9.59 Å². The summed E-state index contributed by atoms with van der Waals surface area (Å²) in [6.45, 7) is 5.60. The summed E-state index contributed by atoms with van der Waals surface area (Å²) in [5.41, 5.74) is 4.96. The van der Waals surface area contributed by atoms with E-state index in [1.54, 1.807) is 24.3 Å². The zero-order valence-electron chi connectivity index (χ0n) is 16.0. The molecule has 0 radical (unpaired) electrons. The van der Waals surface area contributed by atoms with Crippen LogP contribution in [-0.2, 0) is 9.59 Å². The lowest BCUT2D eigenvalue weighted by atomic mass is 9.99. The normalized spacial score (nSPS) is 16.9. The van der Waals surface area contributed by atoms with Gasteiger partial charge in [0.15, 0.2) is 0 Å². The van der Waals surface area contributed by atoms with Crippen molar-refractivity contribution in [1.82, 2.24) is 4.90 Å². The van der Waals surface area contributed by atoms with E-state index in [1.165, 1.54) is 4.90 Å². The Labute approximate surface area is 164 Å². The third-order valence-electron chi connectivity index (χ3n) is 5.53. The smallest absolute Gasteiger partial charge is 0.282 e. The quantitative estimate of drug-likeness (QED) is 0.774. The lowest BCUT2D eigenvalue weighted by Gasteiger charge is -2.20. The van der Waals surface area contributed by atoms with Gasteiger partial charge in [0.2, 0.25) is 0 Å². The molecule has 1 fully saturated rings.